The minimum absolute atomic E-state index is 0.102. The number of halogens is 2. The van der Waals surface area contributed by atoms with E-state index >= 15 is 0 Å². The molecule has 0 aliphatic carbocycles. The van der Waals surface area contributed by atoms with Crippen molar-refractivity contribution in [2.24, 2.45) is 0 Å². The summed E-state index contributed by atoms with van der Waals surface area (Å²) in [7, 11) is -3.28. The monoisotopic (exact) mass is 381 g/mol. The molecule has 0 saturated carbocycles. The van der Waals surface area contributed by atoms with E-state index in [1.165, 1.54) is 0 Å². The molecule has 0 aromatic heterocycles. The van der Waals surface area contributed by atoms with Gasteiger partial charge in [-0.15, -0.1) is 11.6 Å². The van der Waals surface area contributed by atoms with Crippen LogP contribution in [-0.2, 0) is 10.0 Å². The van der Waals surface area contributed by atoms with Crippen molar-refractivity contribution in [1.82, 2.24) is 4.31 Å². The fraction of sp³-hybridized carbons (Fsp3) is 0.571. The van der Waals surface area contributed by atoms with Crippen LogP contribution in [0.25, 0.3) is 0 Å². The SMILES string of the molecule is CCCN(C(C)c1ccccc1Br)S(=O)(=O)CCCCl. The van der Waals surface area contributed by atoms with Gasteiger partial charge >= 0.3 is 0 Å². The van der Waals surface area contributed by atoms with E-state index in [1.807, 2.05) is 38.1 Å². The summed E-state index contributed by atoms with van der Waals surface area (Å²) in [6.07, 6.45) is 1.27. The Bertz CT molecular complexity index is 522. The molecule has 0 aliphatic heterocycles. The van der Waals surface area contributed by atoms with Crippen molar-refractivity contribution in [3.63, 3.8) is 0 Å². The highest BCUT2D eigenvalue weighted by atomic mass is 79.9. The Balaban J connectivity index is 3.04. The Labute approximate surface area is 135 Å². The van der Waals surface area contributed by atoms with Crippen LogP contribution in [0, 0.1) is 0 Å². The molecular weight excluding hydrogens is 362 g/mol. The Hall–Kier alpha value is -0.100. The number of nitrogens with zero attached hydrogens (tertiary/aromatic N) is 1. The molecule has 3 nitrogen and oxygen atoms in total. The van der Waals surface area contributed by atoms with Crippen molar-refractivity contribution < 1.29 is 8.42 Å². The highest BCUT2D eigenvalue weighted by Crippen LogP contribution is 2.29. The number of alkyl halides is 1. The van der Waals surface area contributed by atoms with Gasteiger partial charge in [-0.2, -0.15) is 4.31 Å². The predicted octanol–water partition coefficient (Wildman–Crippen LogP) is 4.18. The fourth-order valence-electron chi connectivity index (χ4n) is 2.12. The van der Waals surface area contributed by atoms with Crippen LogP contribution in [-0.4, -0.2) is 30.9 Å². The van der Waals surface area contributed by atoms with Crippen molar-refractivity contribution >= 4 is 37.6 Å². The summed E-state index contributed by atoms with van der Waals surface area (Å²) >= 11 is 9.11. The van der Waals surface area contributed by atoms with Crippen LogP contribution < -0.4 is 0 Å². The van der Waals surface area contributed by atoms with Gasteiger partial charge in [-0.05, 0) is 31.4 Å². The molecule has 0 N–H and O–H groups in total. The molecule has 0 saturated heterocycles. The van der Waals surface area contributed by atoms with Gasteiger partial charge in [0.1, 0.15) is 0 Å². The van der Waals surface area contributed by atoms with Crippen LogP contribution in [0.5, 0.6) is 0 Å². The van der Waals surface area contributed by atoms with Crippen molar-refractivity contribution in [3.8, 4) is 0 Å². The summed E-state index contributed by atoms with van der Waals surface area (Å²) in [6.45, 7) is 4.43. The maximum Gasteiger partial charge on any atom is 0.214 e. The van der Waals surface area contributed by atoms with Gasteiger partial charge in [0.25, 0.3) is 0 Å². The minimum atomic E-state index is -3.28. The van der Waals surface area contributed by atoms with Gasteiger partial charge in [0.05, 0.1) is 5.75 Å². The highest BCUT2D eigenvalue weighted by Gasteiger charge is 2.27. The summed E-state index contributed by atoms with van der Waals surface area (Å²) in [4.78, 5) is 0. The largest absolute Gasteiger partial charge is 0.214 e. The lowest BCUT2D eigenvalue weighted by atomic mass is 10.1. The molecule has 0 heterocycles. The molecule has 1 unspecified atom stereocenters. The van der Waals surface area contributed by atoms with Gasteiger partial charge in [0, 0.05) is 22.9 Å². The van der Waals surface area contributed by atoms with Crippen molar-refractivity contribution in [2.45, 2.75) is 32.7 Å². The molecule has 0 fully saturated rings. The van der Waals surface area contributed by atoms with E-state index in [9.17, 15) is 8.42 Å². The highest BCUT2D eigenvalue weighted by molar-refractivity contribution is 9.10. The van der Waals surface area contributed by atoms with Gasteiger partial charge in [0.15, 0.2) is 0 Å². The van der Waals surface area contributed by atoms with Gasteiger partial charge < -0.3 is 0 Å². The number of hydrogen-bond acceptors (Lipinski definition) is 2. The third-order valence-electron chi connectivity index (χ3n) is 3.12. The Morgan fingerprint density at radius 3 is 2.55 bits per heavy atom. The molecular formula is C14H21BrClNO2S. The van der Waals surface area contributed by atoms with Crippen molar-refractivity contribution in [1.29, 1.82) is 0 Å². The minimum Gasteiger partial charge on any atom is -0.212 e. The van der Waals surface area contributed by atoms with E-state index in [2.05, 4.69) is 15.9 Å². The lowest BCUT2D eigenvalue weighted by Gasteiger charge is -2.29. The Morgan fingerprint density at radius 1 is 1.35 bits per heavy atom. The van der Waals surface area contributed by atoms with Gasteiger partial charge in [-0.25, -0.2) is 8.42 Å². The van der Waals surface area contributed by atoms with Crippen LogP contribution in [0.2, 0.25) is 0 Å². The molecule has 1 aromatic carbocycles. The lowest BCUT2D eigenvalue weighted by Crippen LogP contribution is -2.36. The molecule has 20 heavy (non-hydrogen) atoms. The van der Waals surface area contributed by atoms with E-state index in [-0.39, 0.29) is 11.8 Å². The van der Waals surface area contributed by atoms with Gasteiger partial charge in [0.2, 0.25) is 10.0 Å². The molecule has 0 spiro atoms. The zero-order valence-corrected chi connectivity index (χ0v) is 15.0. The zero-order valence-electron chi connectivity index (χ0n) is 11.9. The number of hydrogen-bond donors (Lipinski definition) is 0. The van der Waals surface area contributed by atoms with Crippen molar-refractivity contribution in [2.75, 3.05) is 18.2 Å². The van der Waals surface area contributed by atoms with Crippen LogP contribution >= 0.6 is 27.5 Å². The molecule has 0 aliphatic rings. The van der Waals surface area contributed by atoms with Crippen LogP contribution in [0.4, 0.5) is 0 Å². The summed E-state index contributed by atoms with van der Waals surface area (Å²) in [5.74, 6) is 0.466. The topological polar surface area (TPSA) is 37.4 Å². The first-order valence-electron chi connectivity index (χ1n) is 6.74. The molecule has 1 rings (SSSR count). The summed E-state index contributed by atoms with van der Waals surface area (Å²) in [5, 5.41) is 0. The summed E-state index contributed by atoms with van der Waals surface area (Å²) < 4.78 is 27.4. The number of benzene rings is 1. The predicted molar refractivity (Wildman–Crippen MR) is 88.7 cm³/mol. The molecule has 1 aromatic rings. The first-order chi connectivity index (χ1) is 9.44. The zero-order chi connectivity index (χ0) is 15.2. The second kappa shape index (κ2) is 8.37. The quantitative estimate of drug-likeness (QED) is 0.632. The maximum atomic E-state index is 12.5. The average Bonchev–Trinajstić information content (AvgIpc) is 2.42. The molecule has 0 radical (unpaired) electrons. The normalized spacial score (nSPS) is 13.7. The third kappa shape index (κ3) is 4.72. The van der Waals surface area contributed by atoms with Crippen LogP contribution in [0.3, 0.4) is 0 Å². The second-order valence-electron chi connectivity index (χ2n) is 4.67. The van der Waals surface area contributed by atoms with Crippen LogP contribution in [0.15, 0.2) is 28.7 Å². The van der Waals surface area contributed by atoms with E-state index < -0.39 is 10.0 Å². The smallest absolute Gasteiger partial charge is 0.212 e. The molecule has 6 heteroatoms. The fourth-order valence-corrected chi connectivity index (χ4v) is 4.83. The summed E-state index contributed by atoms with van der Waals surface area (Å²) in [5.41, 5.74) is 0.982. The third-order valence-corrected chi connectivity index (χ3v) is 6.13. The molecule has 0 amide bonds. The van der Waals surface area contributed by atoms with E-state index in [0.717, 1.165) is 16.5 Å². The van der Waals surface area contributed by atoms with E-state index in [1.54, 1.807) is 4.31 Å². The first kappa shape index (κ1) is 18.0. The average molecular weight is 383 g/mol. The summed E-state index contributed by atoms with van der Waals surface area (Å²) in [6, 6.07) is 7.54. The Morgan fingerprint density at radius 2 is 2.00 bits per heavy atom. The first-order valence-corrected chi connectivity index (χ1v) is 9.67. The standard InChI is InChI=1S/C14H21BrClNO2S/c1-3-10-17(20(18,19)11-6-9-16)12(2)13-7-4-5-8-14(13)15/h4-5,7-8,12H,3,6,9-11H2,1-2H3. The molecule has 0 bridgehead atoms. The van der Waals surface area contributed by atoms with Gasteiger partial charge in [-0.3, -0.25) is 0 Å². The van der Waals surface area contributed by atoms with Crippen LogP contribution in [0.1, 0.15) is 38.3 Å². The lowest BCUT2D eigenvalue weighted by molar-refractivity contribution is 0.341. The number of sulfonamides is 1. The molecule has 1 atom stereocenters. The van der Waals surface area contributed by atoms with E-state index in [4.69, 9.17) is 11.6 Å². The Kier molecular flexibility index (Phi) is 7.51. The number of rotatable bonds is 8. The molecule has 114 valence electrons. The second-order valence-corrected chi connectivity index (χ2v) is 7.94. The van der Waals surface area contributed by atoms with Crippen molar-refractivity contribution in [3.05, 3.63) is 34.3 Å². The van der Waals surface area contributed by atoms with E-state index in [0.29, 0.717) is 18.8 Å². The maximum absolute atomic E-state index is 12.5. The van der Waals surface area contributed by atoms with Gasteiger partial charge in [-0.1, -0.05) is 41.1 Å².